The lowest BCUT2D eigenvalue weighted by Gasteiger charge is -2.31. The molecule has 6 heteroatoms. The minimum absolute atomic E-state index is 0.00402. The van der Waals surface area contributed by atoms with E-state index >= 15 is 0 Å². The number of hydrogen-bond donors (Lipinski definition) is 1. The predicted octanol–water partition coefficient (Wildman–Crippen LogP) is 2.35. The molecule has 24 heavy (non-hydrogen) atoms. The predicted molar refractivity (Wildman–Crippen MR) is 92.1 cm³/mol. The molecular weight excluding hydrogens is 324 g/mol. The molecule has 0 saturated carbocycles. The molecule has 0 aromatic heterocycles. The maximum Gasteiger partial charge on any atom is 0.250 e. The maximum absolute atomic E-state index is 12.9. The Hall–Kier alpha value is -2.18. The van der Waals surface area contributed by atoms with Crippen molar-refractivity contribution in [3.8, 4) is 0 Å². The van der Waals surface area contributed by atoms with Crippen molar-refractivity contribution in [3.63, 3.8) is 0 Å². The monoisotopic (exact) mass is 344 g/mol. The number of carbonyl (C=O) groups is 1. The smallest absolute Gasteiger partial charge is 0.250 e. The van der Waals surface area contributed by atoms with Crippen molar-refractivity contribution in [3.05, 3.63) is 65.7 Å². The number of sulfonamides is 1. The van der Waals surface area contributed by atoms with Crippen LogP contribution >= 0.6 is 0 Å². The van der Waals surface area contributed by atoms with Gasteiger partial charge in [-0.1, -0.05) is 42.5 Å². The number of rotatable bonds is 4. The molecule has 5 nitrogen and oxygen atoms in total. The van der Waals surface area contributed by atoms with Crippen LogP contribution in [-0.4, -0.2) is 31.7 Å². The number of nitrogens with two attached hydrogens (primary N) is 1. The molecular formula is C18H20N2O3S. The lowest BCUT2D eigenvalue weighted by Crippen LogP contribution is -2.38. The highest BCUT2D eigenvalue weighted by atomic mass is 32.2. The summed E-state index contributed by atoms with van der Waals surface area (Å²) in [6.07, 6.45) is 1.53. The second kappa shape index (κ2) is 6.75. The highest BCUT2D eigenvalue weighted by Crippen LogP contribution is 2.31. The van der Waals surface area contributed by atoms with Gasteiger partial charge in [0.2, 0.25) is 15.9 Å². The van der Waals surface area contributed by atoms with Crippen LogP contribution in [0.1, 0.15) is 34.7 Å². The first-order chi connectivity index (χ1) is 11.5. The Balaban J connectivity index is 1.80. The Bertz CT molecular complexity index is 826. The van der Waals surface area contributed by atoms with Crippen molar-refractivity contribution in [2.45, 2.75) is 23.7 Å². The highest BCUT2D eigenvalue weighted by molar-refractivity contribution is 7.89. The van der Waals surface area contributed by atoms with Crippen molar-refractivity contribution < 1.29 is 13.2 Å². The fourth-order valence-corrected chi connectivity index (χ4v) is 4.86. The highest BCUT2D eigenvalue weighted by Gasteiger charge is 2.32. The van der Waals surface area contributed by atoms with Crippen molar-refractivity contribution in [2.75, 3.05) is 13.1 Å². The molecule has 2 aromatic rings. The molecule has 2 aromatic carbocycles. The fraction of sp³-hybridized carbons (Fsp3) is 0.278. The van der Waals surface area contributed by atoms with Crippen molar-refractivity contribution in [1.82, 2.24) is 4.31 Å². The standard InChI is InChI=1S/C18H20N2O3S/c19-18(21)16-8-4-5-9-17(16)24(22,23)20-12-10-15(11-13-20)14-6-2-1-3-7-14/h1-9,15H,10-13H2,(H2,19,21). The molecule has 1 aliphatic heterocycles. The van der Waals surface area contributed by atoms with Crippen LogP contribution in [0.3, 0.4) is 0 Å². The Morgan fingerprint density at radius 3 is 2.17 bits per heavy atom. The van der Waals surface area contributed by atoms with E-state index in [2.05, 4.69) is 12.1 Å². The van der Waals surface area contributed by atoms with E-state index in [0.717, 1.165) is 12.8 Å². The van der Waals surface area contributed by atoms with Gasteiger partial charge in [0.1, 0.15) is 0 Å². The van der Waals surface area contributed by atoms with E-state index in [4.69, 9.17) is 5.73 Å². The first-order valence-electron chi connectivity index (χ1n) is 7.94. The van der Waals surface area contributed by atoms with Crippen LogP contribution in [0.4, 0.5) is 0 Å². The van der Waals surface area contributed by atoms with Crippen molar-refractivity contribution >= 4 is 15.9 Å². The largest absolute Gasteiger partial charge is 0.366 e. The number of carbonyl (C=O) groups excluding carboxylic acids is 1. The van der Waals surface area contributed by atoms with E-state index in [1.807, 2.05) is 18.2 Å². The first kappa shape index (κ1) is 16.7. The summed E-state index contributed by atoms with van der Waals surface area (Å²) in [6.45, 7) is 0.879. The Morgan fingerprint density at radius 2 is 1.54 bits per heavy atom. The van der Waals surface area contributed by atoms with Crippen LogP contribution in [-0.2, 0) is 10.0 Å². The normalized spacial score (nSPS) is 16.8. The molecule has 1 fully saturated rings. The van der Waals surface area contributed by atoms with Gasteiger partial charge in [-0.2, -0.15) is 4.31 Å². The molecule has 2 N–H and O–H groups in total. The van der Waals surface area contributed by atoms with Gasteiger partial charge in [0.15, 0.2) is 0 Å². The molecule has 3 rings (SSSR count). The van der Waals surface area contributed by atoms with Gasteiger partial charge in [-0.05, 0) is 36.5 Å². The zero-order valence-electron chi connectivity index (χ0n) is 13.3. The zero-order chi connectivity index (χ0) is 17.2. The molecule has 1 amide bonds. The van der Waals surface area contributed by atoms with Crippen LogP contribution in [0.25, 0.3) is 0 Å². The van der Waals surface area contributed by atoms with Crippen molar-refractivity contribution in [1.29, 1.82) is 0 Å². The van der Waals surface area contributed by atoms with E-state index in [-0.39, 0.29) is 10.5 Å². The van der Waals surface area contributed by atoms with E-state index in [9.17, 15) is 13.2 Å². The van der Waals surface area contributed by atoms with Crippen molar-refractivity contribution in [2.24, 2.45) is 5.73 Å². The summed E-state index contributed by atoms with van der Waals surface area (Å²) in [5.41, 5.74) is 6.60. The summed E-state index contributed by atoms with van der Waals surface area (Å²) in [6, 6.07) is 16.3. The Labute approximate surface area is 142 Å². The van der Waals surface area contributed by atoms with Crippen LogP contribution in [0.5, 0.6) is 0 Å². The third-order valence-electron chi connectivity index (χ3n) is 4.50. The number of piperidine rings is 1. The van der Waals surface area contributed by atoms with Gasteiger partial charge < -0.3 is 5.73 Å². The van der Waals surface area contributed by atoms with Gasteiger partial charge in [0.25, 0.3) is 0 Å². The van der Waals surface area contributed by atoms with Gasteiger partial charge in [-0.15, -0.1) is 0 Å². The molecule has 1 saturated heterocycles. The second-order valence-electron chi connectivity index (χ2n) is 5.95. The molecule has 0 radical (unpaired) electrons. The number of hydrogen-bond acceptors (Lipinski definition) is 3. The average molecular weight is 344 g/mol. The van der Waals surface area contributed by atoms with Gasteiger partial charge in [-0.25, -0.2) is 8.42 Å². The fourth-order valence-electron chi connectivity index (χ4n) is 3.19. The lowest BCUT2D eigenvalue weighted by molar-refractivity contribution is 0.0997. The zero-order valence-corrected chi connectivity index (χ0v) is 14.1. The van der Waals surface area contributed by atoms with E-state index < -0.39 is 15.9 Å². The number of primary amides is 1. The molecule has 0 aliphatic carbocycles. The summed E-state index contributed by atoms with van der Waals surface area (Å²) >= 11 is 0. The molecule has 0 unspecified atom stereocenters. The van der Waals surface area contributed by atoms with Gasteiger partial charge in [0, 0.05) is 13.1 Å². The topological polar surface area (TPSA) is 80.5 Å². The summed E-state index contributed by atoms with van der Waals surface area (Å²) in [5.74, 6) is -0.364. The van der Waals surface area contributed by atoms with Crippen LogP contribution < -0.4 is 5.73 Å². The van der Waals surface area contributed by atoms with Gasteiger partial charge in [-0.3, -0.25) is 4.79 Å². The third kappa shape index (κ3) is 3.20. The molecule has 1 aliphatic rings. The number of nitrogens with zero attached hydrogens (tertiary/aromatic N) is 1. The van der Waals surface area contributed by atoms with Crippen LogP contribution in [0.15, 0.2) is 59.5 Å². The minimum Gasteiger partial charge on any atom is -0.366 e. The lowest BCUT2D eigenvalue weighted by atomic mass is 9.90. The molecule has 0 bridgehead atoms. The summed E-state index contributed by atoms with van der Waals surface area (Å²) in [5, 5.41) is 0. The van der Waals surface area contributed by atoms with Gasteiger partial charge >= 0.3 is 0 Å². The molecule has 1 heterocycles. The SMILES string of the molecule is NC(=O)c1ccccc1S(=O)(=O)N1CCC(c2ccccc2)CC1. The average Bonchev–Trinajstić information content (AvgIpc) is 2.62. The van der Waals surface area contributed by atoms with E-state index in [0.29, 0.717) is 19.0 Å². The number of amides is 1. The third-order valence-corrected chi connectivity index (χ3v) is 6.45. The minimum atomic E-state index is -3.71. The van der Waals surface area contributed by atoms with Gasteiger partial charge in [0.05, 0.1) is 10.5 Å². The molecule has 0 atom stereocenters. The summed E-state index contributed by atoms with van der Waals surface area (Å²) in [7, 11) is -3.71. The summed E-state index contributed by atoms with van der Waals surface area (Å²) in [4.78, 5) is 11.5. The quantitative estimate of drug-likeness (QED) is 0.924. The van der Waals surface area contributed by atoms with Crippen LogP contribution in [0.2, 0.25) is 0 Å². The summed E-state index contributed by atoms with van der Waals surface area (Å²) < 4.78 is 27.2. The number of benzene rings is 2. The second-order valence-corrected chi connectivity index (χ2v) is 7.86. The maximum atomic E-state index is 12.9. The van der Waals surface area contributed by atoms with E-state index in [1.165, 1.54) is 22.0 Å². The van der Waals surface area contributed by atoms with Crippen LogP contribution in [0, 0.1) is 0 Å². The Morgan fingerprint density at radius 1 is 0.958 bits per heavy atom. The molecule has 0 spiro atoms. The molecule has 126 valence electrons. The van der Waals surface area contributed by atoms with E-state index in [1.54, 1.807) is 12.1 Å². The Kier molecular flexibility index (Phi) is 4.69. The first-order valence-corrected chi connectivity index (χ1v) is 9.38.